The zero-order valence-electron chi connectivity index (χ0n) is 9.47. The van der Waals surface area contributed by atoms with Gasteiger partial charge in [-0.2, -0.15) is 5.10 Å². The monoisotopic (exact) mass is 235 g/mol. The summed E-state index contributed by atoms with van der Waals surface area (Å²) in [5.41, 5.74) is 1.06. The average molecular weight is 235 g/mol. The van der Waals surface area contributed by atoms with Crippen molar-refractivity contribution in [3.05, 3.63) is 39.5 Å². The van der Waals surface area contributed by atoms with Crippen molar-refractivity contribution in [2.24, 2.45) is 10.1 Å². The van der Waals surface area contributed by atoms with Gasteiger partial charge in [-0.05, 0) is 26.0 Å². The van der Waals surface area contributed by atoms with Gasteiger partial charge in [0.1, 0.15) is 11.5 Å². The number of rotatable bonds is 2. The Hall–Kier alpha value is -1.62. The Kier molecular flexibility index (Phi) is 3.05. The Bertz CT molecular complexity index is 574. The first kappa shape index (κ1) is 10.9. The summed E-state index contributed by atoms with van der Waals surface area (Å²) in [6.07, 6.45) is 1.70. The highest BCUT2D eigenvalue weighted by molar-refractivity contribution is 7.07. The normalized spacial score (nSPS) is 12.8. The van der Waals surface area contributed by atoms with Gasteiger partial charge in [0.2, 0.25) is 4.80 Å². The maximum atomic E-state index is 5.41. The summed E-state index contributed by atoms with van der Waals surface area (Å²) in [7, 11) is 1.76. The third-order valence-electron chi connectivity index (χ3n) is 2.10. The molecule has 84 valence electrons. The molecule has 4 nitrogen and oxygen atoms in total. The summed E-state index contributed by atoms with van der Waals surface area (Å²) in [6.45, 7) is 3.91. The van der Waals surface area contributed by atoms with Gasteiger partial charge in [0.15, 0.2) is 0 Å². The molecule has 2 aromatic rings. The summed E-state index contributed by atoms with van der Waals surface area (Å²) >= 11 is 1.57. The second kappa shape index (κ2) is 4.49. The van der Waals surface area contributed by atoms with Gasteiger partial charge < -0.3 is 4.42 Å². The van der Waals surface area contributed by atoms with Crippen molar-refractivity contribution in [2.45, 2.75) is 13.8 Å². The fourth-order valence-corrected chi connectivity index (χ4v) is 2.09. The largest absolute Gasteiger partial charge is 0.460 e. The van der Waals surface area contributed by atoms with Crippen LogP contribution in [0.1, 0.15) is 17.2 Å². The van der Waals surface area contributed by atoms with Crippen LogP contribution in [-0.2, 0) is 0 Å². The minimum absolute atomic E-state index is 0.748. The number of nitrogens with zero attached hydrogens (tertiary/aromatic N) is 3. The highest BCUT2D eigenvalue weighted by Crippen LogP contribution is 2.04. The van der Waals surface area contributed by atoms with Gasteiger partial charge in [-0.15, -0.1) is 11.3 Å². The summed E-state index contributed by atoms with van der Waals surface area (Å²) in [5.74, 6) is 1.63. The molecule has 0 bridgehead atoms. The molecule has 0 radical (unpaired) electrons. The molecule has 2 aromatic heterocycles. The van der Waals surface area contributed by atoms with E-state index in [0.29, 0.717) is 0 Å². The van der Waals surface area contributed by atoms with Crippen LogP contribution < -0.4 is 4.80 Å². The molecule has 5 heteroatoms. The molecule has 16 heavy (non-hydrogen) atoms. The van der Waals surface area contributed by atoms with Crippen molar-refractivity contribution in [1.82, 2.24) is 4.68 Å². The van der Waals surface area contributed by atoms with Crippen LogP contribution in [0.3, 0.4) is 0 Å². The lowest BCUT2D eigenvalue weighted by atomic mass is 10.4. The molecule has 0 aliphatic rings. The van der Waals surface area contributed by atoms with Crippen LogP contribution in [0.5, 0.6) is 0 Å². The molecule has 0 spiro atoms. The highest BCUT2D eigenvalue weighted by Gasteiger charge is 1.98. The number of thiazole rings is 1. The van der Waals surface area contributed by atoms with Crippen molar-refractivity contribution < 1.29 is 4.42 Å². The van der Waals surface area contributed by atoms with E-state index in [4.69, 9.17) is 4.42 Å². The molecule has 0 saturated carbocycles. The molecule has 0 aliphatic heterocycles. The average Bonchev–Trinajstić information content (AvgIpc) is 2.82. The van der Waals surface area contributed by atoms with Crippen LogP contribution >= 0.6 is 11.3 Å². The molecular formula is C11H13N3OS. The topological polar surface area (TPSA) is 42.8 Å². The Labute approximate surface area is 97.6 Å². The lowest BCUT2D eigenvalue weighted by Crippen LogP contribution is -2.11. The van der Waals surface area contributed by atoms with Crippen molar-refractivity contribution >= 4 is 17.6 Å². The molecule has 0 fully saturated rings. The van der Waals surface area contributed by atoms with E-state index in [9.17, 15) is 0 Å². The number of aryl methyl sites for hydroxylation is 2. The molecular weight excluding hydrogens is 222 g/mol. The number of hydrogen-bond acceptors (Lipinski definition) is 4. The standard InChI is InChI=1S/C11H13N3OS/c1-8-7-16-11(12-3)14(8)13-6-10-5-4-9(2)15-10/h4-7H,1-3H3/b12-11?,13-6+. The second-order valence-electron chi connectivity index (χ2n) is 3.39. The third kappa shape index (κ3) is 2.14. The van der Waals surface area contributed by atoms with Crippen LogP contribution in [-0.4, -0.2) is 17.9 Å². The smallest absolute Gasteiger partial charge is 0.205 e. The highest BCUT2D eigenvalue weighted by atomic mass is 32.1. The van der Waals surface area contributed by atoms with E-state index in [1.54, 1.807) is 29.3 Å². The zero-order valence-corrected chi connectivity index (χ0v) is 10.3. The molecule has 0 atom stereocenters. The van der Waals surface area contributed by atoms with Crippen molar-refractivity contribution in [2.75, 3.05) is 7.05 Å². The van der Waals surface area contributed by atoms with Crippen molar-refractivity contribution in [3.8, 4) is 0 Å². The first-order chi connectivity index (χ1) is 7.70. The van der Waals surface area contributed by atoms with Crippen LogP contribution in [0.4, 0.5) is 0 Å². The Morgan fingerprint density at radius 3 is 2.81 bits per heavy atom. The van der Waals surface area contributed by atoms with Gasteiger partial charge in [0.25, 0.3) is 0 Å². The molecule has 0 amide bonds. The summed E-state index contributed by atoms with van der Waals surface area (Å²) in [6, 6.07) is 3.81. The van der Waals surface area contributed by atoms with Gasteiger partial charge in [0, 0.05) is 12.4 Å². The lowest BCUT2D eigenvalue weighted by Gasteiger charge is -1.95. The minimum atomic E-state index is 0.748. The van der Waals surface area contributed by atoms with Crippen LogP contribution in [0.2, 0.25) is 0 Å². The van der Waals surface area contributed by atoms with Crippen LogP contribution in [0, 0.1) is 13.8 Å². The number of furan rings is 1. The first-order valence-electron chi connectivity index (χ1n) is 4.91. The van der Waals surface area contributed by atoms with E-state index in [2.05, 4.69) is 10.1 Å². The molecule has 0 saturated heterocycles. The molecule has 0 aliphatic carbocycles. The molecule has 0 aromatic carbocycles. The Balaban J connectivity index is 2.33. The van der Waals surface area contributed by atoms with Crippen LogP contribution in [0.15, 0.2) is 32.0 Å². The van der Waals surface area contributed by atoms with E-state index in [0.717, 1.165) is 22.0 Å². The van der Waals surface area contributed by atoms with Crippen molar-refractivity contribution in [1.29, 1.82) is 0 Å². The van der Waals surface area contributed by atoms with E-state index in [1.807, 2.05) is 31.4 Å². The zero-order chi connectivity index (χ0) is 11.5. The first-order valence-corrected chi connectivity index (χ1v) is 5.79. The second-order valence-corrected chi connectivity index (χ2v) is 4.22. The molecule has 0 N–H and O–H groups in total. The maximum absolute atomic E-state index is 5.41. The van der Waals surface area contributed by atoms with Gasteiger partial charge in [-0.1, -0.05) is 0 Å². The Morgan fingerprint density at radius 1 is 1.38 bits per heavy atom. The van der Waals surface area contributed by atoms with Crippen LogP contribution in [0.25, 0.3) is 0 Å². The molecule has 0 unspecified atom stereocenters. The third-order valence-corrected chi connectivity index (χ3v) is 3.13. The van der Waals surface area contributed by atoms with E-state index in [1.165, 1.54) is 0 Å². The molecule has 2 rings (SSSR count). The Morgan fingerprint density at radius 2 is 2.19 bits per heavy atom. The van der Waals surface area contributed by atoms with Gasteiger partial charge >= 0.3 is 0 Å². The molecule has 2 heterocycles. The van der Waals surface area contributed by atoms with E-state index < -0.39 is 0 Å². The van der Waals surface area contributed by atoms with Gasteiger partial charge in [-0.25, -0.2) is 4.68 Å². The quantitative estimate of drug-likeness (QED) is 0.736. The van der Waals surface area contributed by atoms with Gasteiger partial charge in [-0.3, -0.25) is 4.99 Å². The minimum Gasteiger partial charge on any atom is -0.460 e. The van der Waals surface area contributed by atoms with E-state index in [-0.39, 0.29) is 0 Å². The lowest BCUT2D eigenvalue weighted by molar-refractivity contribution is 0.527. The summed E-state index contributed by atoms with van der Waals surface area (Å²) in [4.78, 5) is 5.02. The summed E-state index contributed by atoms with van der Waals surface area (Å²) < 4.78 is 7.20. The van der Waals surface area contributed by atoms with Crippen molar-refractivity contribution in [3.63, 3.8) is 0 Å². The van der Waals surface area contributed by atoms with E-state index >= 15 is 0 Å². The van der Waals surface area contributed by atoms with Gasteiger partial charge in [0.05, 0.1) is 11.9 Å². The SMILES string of the molecule is CN=c1scc(C)n1/N=C/c1ccc(C)o1. The predicted molar refractivity (Wildman–Crippen MR) is 65.0 cm³/mol. The summed E-state index contributed by atoms with van der Waals surface area (Å²) in [5, 5.41) is 6.36. The fourth-order valence-electron chi connectivity index (χ4n) is 1.31. The number of hydrogen-bond donors (Lipinski definition) is 0. The fraction of sp³-hybridized carbons (Fsp3) is 0.273. The number of aromatic nitrogens is 1. The predicted octanol–water partition coefficient (Wildman–Crippen LogP) is 2.17. The maximum Gasteiger partial charge on any atom is 0.205 e.